The lowest BCUT2D eigenvalue weighted by molar-refractivity contribution is 0.0977. The molecule has 0 N–H and O–H groups in total. The van der Waals surface area contributed by atoms with E-state index in [1.165, 1.54) is 0 Å². The van der Waals surface area contributed by atoms with Gasteiger partial charge in [-0.3, -0.25) is 4.79 Å². The Morgan fingerprint density at radius 3 is 2.44 bits per heavy atom. The van der Waals surface area contributed by atoms with Crippen molar-refractivity contribution in [2.45, 2.75) is 10.7 Å². The van der Waals surface area contributed by atoms with Gasteiger partial charge >= 0.3 is 0 Å². The third kappa shape index (κ3) is 1.61. The third-order valence-electron chi connectivity index (χ3n) is 2.73. The summed E-state index contributed by atoms with van der Waals surface area (Å²) in [7, 11) is 3.13. The lowest BCUT2D eigenvalue weighted by Gasteiger charge is -2.10. The third-order valence-corrected chi connectivity index (χ3v) is 3.37. The Kier molecular flexibility index (Phi) is 2.70. The smallest absolute Gasteiger partial charge is 0.180 e. The van der Waals surface area contributed by atoms with Gasteiger partial charge in [0.25, 0.3) is 0 Å². The molecule has 1 atom stereocenters. The van der Waals surface area contributed by atoms with Crippen molar-refractivity contribution in [3.63, 3.8) is 0 Å². The van der Waals surface area contributed by atoms with Crippen LogP contribution < -0.4 is 9.47 Å². The van der Waals surface area contributed by atoms with Gasteiger partial charge in [-0.05, 0) is 31.0 Å². The summed E-state index contributed by atoms with van der Waals surface area (Å²) in [6.07, 6.45) is 0.571. The SMILES string of the molecule is [CH2]C1(Br)Cc2cc(OC)c(OC)cc2C1=O. The summed E-state index contributed by atoms with van der Waals surface area (Å²) in [4.78, 5) is 12.0. The molecule has 1 aromatic rings. The maximum absolute atomic E-state index is 12.0. The van der Waals surface area contributed by atoms with E-state index in [0.717, 1.165) is 5.56 Å². The Labute approximate surface area is 103 Å². The second kappa shape index (κ2) is 3.77. The molecule has 0 aliphatic heterocycles. The molecule has 0 saturated heterocycles. The van der Waals surface area contributed by atoms with Gasteiger partial charge in [-0.1, -0.05) is 15.9 Å². The Balaban J connectivity index is 2.56. The summed E-state index contributed by atoms with van der Waals surface area (Å²) < 4.78 is 9.61. The Morgan fingerprint density at radius 1 is 1.31 bits per heavy atom. The Hall–Kier alpha value is -1.03. The molecule has 0 heterocycles. The Bertz CT molecular complexity index is 452. The zero-order valence-electron chi connectivity index (χ0n) is 9.17. The zero-order valence-corrected chi connectivity index (χ0v) is 10.8. The molecule has 4 heteroatoms. The number of hydrogen-bond acceptors (Lipinski definition) is 3. The highest BCUT2D eigenvalue weighted by Gasteiger charge is 2.40. The fraction of sp³-hybridized carbons (Fsp3) is 0.333. The summed E-state index contributed by atoms with van der Waals surface area (Å²) in [5, 5.41) is 0. The highest BCUT2D eigenvalue weighted by atomic mass is 79.9. The number of fused-ring (bicyclic) bond motifs is 1. The molecule has 0 saturated carbocycles. The van der Waals surface area contributed by atoms with Crippen LogP contribution in [0.3, 0.4) is 0 Å². The summed E-state index contributed by atoms with van der Waals surface area (Å²) in [6, 6.07) is 3.55. The number of alkyl halides is 1. The van der Waals surface area contributed by atoms with Crippen molar-refractivity contribution >= 4 is 21.7 Å². The lowest BCUT2D eigenvalue weighted by Crippen LogP contribution is -2.23. The first-order chi connectivity index (χ1) is 7.49. The van der Waals surface area contributed by atoms with Crippen molar-refractivity contribution < 1.29 is 14.3 Å². The van der Waals surface area contributed by atoms with Crippen LogP contribution in [0.1, 0.15) is 15.9 Å². The fourth-order valence-electron chi connectivity index (χ4n) is 1.90. The normalized spacial score (nSPS) is 23.1. The standard InChI is InChI=1S/C12H12BrO3/c1-12(13)6-7-4-9(15-2)10(16-3)5-8(7)11(12)14/h4-5H,1,6H2,2-3H3. The van der Waals surface area contributed by atoms with Crippen molar-refractivity contribution in [3.05, 3.63) is 30.2 Å². The van der Waals surface area contributed by atoms with E-state index in [0.29, 0.717) is 23.5 Å². The molecular weight excluding hydrogens is 272 g/mol. The van der Waals surface area contributed by atoms with Crippen LogP contribution in [0.2, 0.25) is 0 Å². The van der Waals surface area contributed by atoms with Gasteiger partial charge in [0.05, 0.1) is 18.5 Å². The topological polar surface area (TPSA) is 35.5 Å². The average Bonchev–Trinajstić information content (AvgIpc) is 2.48. The molecule has 1 aliphatic carbocycles. The van der Waals surface area contributed by atoms with Gasteiger partial charge in [0.1, 0.15) is 0 Å². The minimum atomic E-state index is -0.743. The summed E-state index contributed by atoms with van der Waals surface area (Å²) in [5.41, 5.74) is 1.60. The van der Waals surface area contributed by atoms with E-state index in [-0.39, 0.29) is 5.78 Å². The molecule has 2 rings (SSSR count). The van der Waals surface area contributed by atoms with Gasteiger partial charge in [0.15, 0.2) is 17.3 Å². The molecule has 1 unspecified atom stereocenters. The number of hydrogen-bond donors (Lipinski definition) is 0. The van der Waals surface area contributed by atoms with E-state index >= 15 is 0 Å². The second-order valence-electron chi connectivity index (χ2n) is 3.84. The molecule has 85 valence electrons. The molecule has 3 nitrogen and oxygen atoms in total. The van der Waals surface area contributed by atoms with Crippen LogP contribution in [0.4, 0.5) is 0 Å². The van der Waals surface area contributed by atoms with Crippen LogP contribution in [0.5, 0.6) is 11.5 Å². The van der Waals surface area contributed by atoms with Crippen LogP contribution in [0.15, 0.2) is 12.1 Å². The van der Waals surface area contributed by atoms with Crippen molar-refractivity contribution in [2.75, 3.05) is 14.2 Å². The minimum Gasteiger partial charge on any atom is -0.493 e. The number of carbonyl (C=O) groups excluding carboxylic acids is 1. The van der Waals surface area contributed by atoms with Crippen molar-refractivity contribution in [3.8, 4) is 11.5 Å². The van der Waals surface area contributed by atoms with Gasteiger partial charge < -0.3 is 9.47 Å². The molecule has 1 radical (unpaired) electrons. The van der Waals surface area contributed by atoms with Crippen LogP contribution >= 0.6 is 15.9 Å². The Morgan fingerprint density at radius 2 is 1.88 bits per heavy atom. The lowest BCUT2D eigenvalue weighted by atomic mass is 10.1. The average molecular weight is 284 g/mol. The van der Waals surface area contributed by atoms with E-state index in [4.69, 9.17) is 9.47 Å². The number of methoxy groups -OCH3 is 2. The van der Waals surface area contributed by atoms with E-state index in [2.05, 4.69) is 22.9 Å². The predicted molar refractivity (Wildman–Crippen MR) is 64.6 cm³/mol. The second-order valence-corrected chi connectivity index (χ2v) is 5.35. The van der Waals surface area contributed by atoms with Gasteiger partial charge in [-0.2, -0.15) is 0 Å². The molecule has 0 spiro atoms. The van der Waals surface area contributed by atoms with Gasteiger partial charge in [-0.25, -0.2) is 0 Å². The number of benzene rings is 1. The molecule has 0 amide bonds. The van der Waals surface area contributed by atoms with E-state index in [9.17, 15) is 4.79 Å². The van der Waals surface area contributed by atoms with Gasteiger partial charge in [-0.15, -0.1) is 0 Å². The zero-order chi connectivity index (χ0) is 11.9. The minimum absolute atomic E-state index is 0.0107. The molecule has 0 bridgehead atoms. The molecule has 16 heavy (non-hydrogen) atoms. The van der Waals surface area contributed by atoms with E-state index < -0.39 is 4.32 Å². The molecule has 1 aromatic carbocycles. The fourth-order valence-corrected chi connectivity index (χ4v) is 2.42. The summed E-state index contributed by atoms with van der Waals surface area (Å²) in [6.45, 7) is 3.86. The molecular formula is C12H12BrO3. The maximum atomic E-state index is 12.0. The largest absolute Gasteiger partial charge is 0.493 e. The first-order valence-corrected chi connectivity index (χ1v) is 5.63. The predicted octanol–water partition coefficient (Wildman–Crippen LogP) is 2.41. The van der Waals surface area contributed by atoms with Crippen LogP contribution in [-0.4, -0.2) is 24.3 Å². The van der Waals surface area contributed by atoms with E-state index in [1.807, 2.05) is 6.07 Å². The van der Waals surface area contributed by atoms with Crippen LogP contribution in [-0.2, 0) is 6.42 Å². The van der Waals surface area contributed by atoms with Gasteiger partial charge in [0.2, 0.25) is 0 Å². The van der Waals surface area contributed by atoms with E-state index in [1.54, 1.807) is 20.3 Å². The number of halogens is 1. The highest BCUT2D eigenvalue weighted by Crippen LogP contribution is 2.41. The number of rotatable bonds is 2. The number of ether oxygens (including phenoxy) is 2. The van der Waals surface area contributed by atoms with Crippen LogP contribution in [0.25, 0.3) is 0 Å². The number of Topliss-reactive ketones (excluding diaryl/α,β-unsaturated/α-hetero) is 1. The number of carbonyl (C=O) groups is 1. The van der Waals surface area contributed by atoms with Gasteiger partial charge in [0, 0.05) is 5.56 Å². The maximum Gasteiger partial charge on any atom is 0.180 e. The monoisotopic (exact) mass is 283 g/mol. The number of ketones is 1. The quantitative estimate of drug-likeness (QED) is 0.782. The summed E-state index contributed by atoms with van der Waals surface area (Å²) >= 11 is 3.34. The highest BCUT2D eigenvalue weighted by molar-refractivity contribution is 9.10. The van der Waals surface area contributed by atoms with Crippen LogP contribution in [0, 0.1) is 6.92 Å². The van der Waals surface area contributed by atoms with Crippen molar-refractivity contribution in [1.82, 2.24) is 0 Å². The van der Waals surface area contributed by atoms with Crippen molar-refractivity contribution in [2.24, 2.45) is 0 Å². The molecule has 1 aliphatic rings. The summed E-state index contributed by atoms with van der Waals surface area (Å²) in [5.74, 6) is 1.20. The molecule has 0 fully saturated rings. The first kappa shape index (κ1) is 11.5. The molecule has 0 aromatic heterocycles. The first-order valence-electron chi connectivity index (χ1n) is 4.83. The van der Waals surface area contributed by atoms with Crippen molar-refractivity contribution in [1.29, 1.82) is 0 Å².